The molecule has 0 aliphatic rings. The molecule has 0 spiro atoms. The second-order valence-corrected chi connectivity index (χ2v) is 8.61. The van der Waals surface area contributed by atoms with E-state index in [-0.39, 0.29) is 31.7 Å². The minimum Gasteiger partial charge on any atom is -0.464 e. The second-order valence-electron chi connectivity index (χ2n) is 5.66. The maximum atomic E-state index is 12.0. The fourth-order valence-corrected chi connectivity index (χ4v) is 5.46. The fourth-order valence-electron chi connectivity index (χ4n) is 2.11. The summed E-state index contributed by atoms with van der Waals surface area (Å²) in [7, 11) is -3.79. The summed E-state index contributed by atoms with van der Waals surface area (Å²) < 4.78 is 32.3. The van der Waals surface area contributed by atoms with E-state index in [4.69, 9.17) is 39.1 Å². The summed E-state index contributed by atoms with van der Waals surface area (Å²) in [6, 6.07) is 0.0474. The van der Waals surface area contributed by atoms with E-state index >= 15 is 0 Å². The molecule has 3 unspecified atom stereocenters. The van der Waals surface area contributed by atoms with Crippen LogP contribution in [-0.4, -0.2) is 70.7 Å². The van der Waals surface area contributed by atoms with E-state index < -0.39 is 45.0 Å². The predicted molar refractivity (Wildman–Crippen MR) is 103 cm³/mol. The molecule has 0 aliphatic carbocycles. The number of rotatable bonds is 14. The van der Waals surface area contributed by atoms with Gasteiger partial charge in [-0.3, -0.25) is 0 Å². The number of carbonyl (C=O) groups is 3. The van der Waals surface area contributed by atoms with E-state index in [1.807, 2.05) is 0 Å². The maximum absolute atomic E-state index is 12.0. The summed E-state index contributed by atoms with van der Waals surface area (Å²) in [4.78, 5) is 36.1. The van der Waals surface area contributed by atoms with Gasteiger partial charge >= 0.3 is 26.7 Å². The van der Waals surface area contributed by atoms with Crippen LogP contribution in [0.25, 0.3) is 0 Å². The molecule has 0 saturated carbocycles. The molecule has 0 radical (unpaired) electrons. The van der Waals surface area contributed by atoms with Gasteiger partial charge in [-0.15, -0.1) is 11.6 Å². The van der Waals surface area contributed by atoms with Crippen molar-refractivity contribution < 1.29 is 41.9 Å². The molecular weight excluding hydrogens is 412 g/mol. The topological polar surface area (TPSA) is 107 Å². The Hall–Kier alpha value is -1.20. The Kier molecular flexibility index (Phi) is 13.3. The van der Waals surface area contributed by atoms with Crippen LogP contribution in [0.15, 0.2) is 0 Å². The van der Waals surface area contributed by atoms with Crippen molar-refractivity contribution in [2.45, 2.75) is 65.9 Å². The first-order valence-electron chi connectivity index (χ1n) is 9.25. The zero-order chi connectivity index (χ0) is 21.7. The molecule has 0 N–H and O–H groups in total. The molecule has 0 fully saturated rings. The van der Waals surface area contributed by atoms with Crippen LogP contribution in [-0.2, 0) is 41.9 Å². The summed E-state index contributed by atoms with van der Waals surface area (Å²) in [6.07, 6.45) is -3.17. The number of ether oxygens (including phenoxy) is 3. The maximum Gasteiger partial charge on any atom is 0.504 e. The lowest BCUT2D eigenvalue weighted by Gasteiger charge is -2.34. The molecule has 0 rings (SSSR count). The van der Waals surface area contributed by atoms with Gasteiger partial charge in [-0.25, -0.2) is 14.4 Å². The normalized spacial score (nSPS) is 16.4. The van der Waals surface area contributed by atoms with Gasteiger partial charge in [0, 0.05) is 11.9 Å². The minimum atomic E-state index is -3.79. The van der Waals surface area contributed by atoms with Gasteiger partial charge in [0.1, 0.15) is 18.3 Å². The molecule has 0 heterocycles. The summed E-state index contributed by atoms with van der Waals surface area (Å²) in [5.41, 5.74) is 0. The molecule has 9 nitrogen and oxygen atoms in total. The zero-order valence-corrected chi connectivity index (χ0v) is 19.1. The molecule has 164 valence electrons. The molecule has 0 aliphatic heterocycles. The average Bonchev–Trinajstić information content (AvgIpc) is 2.62. The Balaban J connectivity index is 5.65. The lowest BCUT2D eigenvalue weighted by Crippen LogP contribution is -2.55. The molecular formula is C17H31ClO9Si. The van der Waals surface area contributed by atoms with Gasteiger partial charge in [0.25, 0.3) is 0 Å². The van der Waals surface area contributed by atoms with Crippen molar-refractivity contribution in [1.82, 2.24) is 0 Å². The van der Waals surface area contributed by atoms with Crippen LogP contribution >= 0.6 is 11.6 Å². The third kappa shape index (κ3) is 9.33. The van der Waals surface area contributed by atoms with E-state index in [1.165, 1.54) is 20.8 Å². The van der Waals surface area contributed by atoms with Crippen LogP contribution in [0.3, 0.4) is 0 Å². The Labute approximate surface area is 172 Å². The molecule has 28 heavy (non-hydrogen) atoms. The largest absolute Gasteiger partial charge is 0.504 e. The van der Waals surface area contributed by atoms with Gasteiger partial charge in [-0.05, 0) is 41.5 Å². The number of hydrogen-bond donors (Lipinski definition) is 0. The average molecular weight is 443 g/mol. The van der Waals surface area contributed by atoms with Gasteiger partial charge in [0.2, 0.25) is 0 Å². The van der Waals surface area contributed by atoms with E-state index in [1.54, 1.807) is 20.8 Å². The summed E-state index contributed by atoms with van der Waals surface area (Å²) in [5, 5.41) is 0. The van der Waals surface area contributed by atoms with Crippen LogP contribution in [0.4, 0.5) is 0 Å². The third-order valence-electron chi connectivity index (χ3n) is 3.33. The Morgan fingerprint density at radius 1 is 0.714 bits per heavy atom. The number of carbonyl (C=O) groups excluding carboxylic acids is 3. The Morgan fingerprint density at radius 3 is 1.21 bits per heavy atom. The van der Waals surface area contributed by atoms with Gasteiger partial charge < -0.3 is 27.5 Å². The monoisotopic (exact) mass is 442 g/mol. The number of alkyl halides is 1. The Bertz CT molecular complexity index is 438. The summed E-state index contributed by atoms with van der Waals surface area (Å²) in [5.74, 6) is -1.84. The molecule has 0 aromatic rings. The van der Waals surface area contributed by atoms with Crippen molar-refractivity contribution in [3.63, 3.8) is 0 Å². The zero-order valence-electron chi connectivity index (χ0n) is 17.3. The molecule has 0 bridgehead atoms. The van der Waals surface area contributed by atoms with Gasteiger partial charge in [0.15, 0.2) is 0 Å². The van der Waals surface area contributed by atoms with E-state index in [0.29, 0.717) is 0 Å². The van der Waals surface area contributed by atoms with Crippen molar-refractivity contribution in [2.24, 2.45) is 0 Å². The highest BCUT2D eigenvalue weighted by Crippen LogP contribution is 2.24. The highest BCUT2D eigenvalue weighted by atomic mass is 35.5. The number of esters is 3. The van der Waals surface area contributed by atoms with Gasteiger partial charge in [-0.2, -0.15) is 0 Å². The van der Waals surface area contributed by atoms with Crippen molar-refractivity contribution in [1.29, 1.82) is 0 Å². The Morgan fingerprint density at radius 2 is 1.00 bits per heavy atom. The van der Waals surface area contributed by atoms with E-state index in [0.717, 1.165) is 0 Å². The first-order valence-corrected chi connectivity index (χ1v) is 11.7. The minimum absolute atomic E-state index is 0.0474. The number of hydrogen-bond acceptors (Lipinski definition) is 9. The molecule has 0 saturated heterocycles. The first kappa shape index (κ1) is 26.8. The second kappa shape index (κ2) is 13.9. The lowest BCUT2D eigenvalue weighted by molar-refractivity contribution is -0.161. The van der Waals surface area contributed by atoms with E-state index in [2.05, 4.69) is 0 Å². The van der Waals surface area contributed by atoms with Gasteiger partial charge in [0.05, 0.1) is 19.8 Å². The van der Waals surface area contributed by atoms with E-state index in [9.17, 15) is 14.4 Å². The van der Waals surface area contributed by atoms with Crippen LogP contribution in [0.2, 0.25) is 6.04 Å². The predicted octanol–water partition coefficient (Wildman–Crippen LogP) is 2.07. The van der Waals surface area contributed by atoms with Crippen LogP contribution in [0.1, 0.15) is 41.5 Å². The summed E-state index contributed by atoms with van der Waals surface area (Å²) in [6.45, 7) is 9.86. The summed E-state index contributed by atoms with van der Waals surface area (Å²) >= 11 is 5.90. The van der Waals surface area contributed by atoms with Crippen LogP contribution in [0.5, 0.6) is 0 Å². The quantitative estimate of drug-likeness (QED) is 0.173. The third-order valence-corrected chi connectivity index (χ3v) is 6.83. The van der Waals surface area contributed by atoms with Gasteiger partial charge in [-0.1, -0.05) is 0 Å². The standard InChI is InChI=1S/C17H31ClO9Si/c1-7-22-15(19)12(4)25-28(11-10-18,26-13(5)16(20)23-8-2)27-14(6)17(21)24-9-3/h12-14H,7-11H2,1-6H3. The highest BCUT2D eigenvalue weighted by molar-refractivity contribution is 6.62. The van der Waals surface area contributed by atoms with Crippen LogP contribution in [0, 0.1) is 0 Å². The molecule has 0 amide bonds. The van der Waals surface area contributed by atoms with Crippen LogP contribution < -0.4 is 0 Å². The van der Waals surface area contributed by atoms with Crippen molar-refractivity contribution in [3.05, 3.63) is 0 Å². The smallest absolute Gasteiger partial charge is 0.464 e. The van der Waals surface area contributed by atoms with Crippen molar-refractivity contribution in [2.75, 3.05) is 25.7 Å². The molecule has 0 aromatic heterocycles. The number of halogens is 1. The fraction of sp³-hybridized carbons (Fsp3) is 0.824. The highest BCUT2D eigenvalue weighted by Gasteiger charge is 2.49. The van der Waals surface area contributed by atoms with Crippen molar-refractivity contribution >= 4 is 38.3 Å². The van der Waals surface area contributed by atoms with Crippen molar-refractivity contribution in [3.8, 4) is 0 Å². The molecule has 3 atom stereocenters. The lowest BCUT2D eigenvalue weighted by atomic mass is 10.4. The first-order chi connectivity index (χ1) is 13.2. The molecule has 11 heteroatoms. The SMILES string of the molecule is CCOC(=O)C(C)O[Si](CCCl)(OC(C)C(=O)OCC)OC(C)C(=O)OCC. The molecule has 0 aromatic carbocycles.